The van der Waals surface area contributed by atoms with Crippen LogP contribution in [0.2, 0.25) is 0 Å². The Morgan fingerprint density at radius 3 is 2.91 bits per heavy atom. The highest BCUT2D eigenvalue weighted by molar-refractivity contribution is 9.09. The summed E-state index contributed by atoms with van der Waals surface area (Å²) in [4.78, 5) is 14.1. The van der Waals surface area contributed by atoms with Crippen molar-refractivity contribution in [2.75, 3.05) is 0 Å². The van der Waals surface area contributed by atoms with Gasteiger partial charge in [-0.15, -0.1) is 0 Å². The van der Waals surface area contributed by atoms with E-state index in [1.807, 2.05) is 0 Å². The molecule has 0 spiro atoms. The minimum Gasteiger partial charge on any atom is -0.368 e. The average Bonchev–Trinajstić information content (AvgIpc) is 2.05. The number of carbonyl (C=O) groups excluding carboxylic acids is 1. The molecule has 0 aliphatic heterocycles. The van der Waals surface area contributed by atoms with Gasteiger partial charge in [0.05, 0.1) is 0 Å². The number of halogens is 1. The molecular formula is C7H7BrN2O. The van der Waals surface area contributed by atoms with Gasteiger partial charge >= 0.3 is 0 Å². The van der Waals surface area contributed by atoms with E-state index in [1.54, 1.807) is 24.5 Å². The van der Waals surface area contributed by atoms with Crippen molar-refractivity contribution in [1.29, 1.82) is 0 Å². The Bertz CT molecular complexity index is 250. The zero-order valence-electron chi connectivity index (χ0n) is 5.70. The molecule has 58 valence electrons. The first-order chi connectivity index (χ1) is 5.22. The van der Waals surface area contributed by atoms with Crippen LogP contribution in [0.15, 0.2) is 24.5 Å². The minimum atomic E-state index is -0.434. The van der Waals surface area contributed by atoms with E-state index in [0.29, 0.717) is 0 Å². The van der Waals surface area contributed by atoms with Crippen LogP contribution in [0.4, 0.5) is 0 Å². The van der Waals surface area contributed by atoms with Crippen molar-refractivity contribution in [2.45, 2.75) is 4.83 Å². The quantitative estimate of drug-likeness (QED) is 0.748. The fourth-order valence-electron chi connectivity index (χ4n) is 0.690. The van der Waals surface area contributed by atoms with E-state index < -0.39 is 10.7 Å². The highest BCUT2D eigenvalue weighted by Crippen LogP contribution is 2.20. The fraction of sp³-hybridized carbons (Fsp3) is 0.143. The molecule has 2 N–H and O–H groups in total. The van der Waals surface area contributed by atoms with Crippen LogP contribution < -0.4 is 5.73 Å². The van der Waals surface area contributed by atoms with Crippen LogP contribution in [-0.2, 0) is 4.79 Å². The third kappa shape index (κ3) is 2.01. The Labute approximate surface area is 72.7 Å². The lowest BCUT2D eigenvalue weighted by Gasteiger charge is -2.02. The molecule has 0 saturated carbocycles. The smallest absolute Gasteiger partial charge is 0.235 e. The highest BCUT2D eigenvalue weighted by Gasteiger charge is 2.12. The summed E-state index contributed by atoms with van der Waals surface area (Å²) in [5.74, 6) is -0.405. The molecule has 3 nitrogen and oxygen atoms in total. The summed E-state index contributed by atoms with van der Waals surface area (Å²) in [6, 6.07) is 3.55. The standard InChI is InChI=1S/C7H7BrN2O/c8-6(7(9)11)5-2-1-3-10-4-5/h1-4,6H,(H2,9,11). The number of amides is 1. The van der Waals surface area contributed by atoms with Gasteiger partial charge in [-0.3, -0.25) is 9.78 Å². The molecule has 0 saturated heterocycles. The van der Waals surface area contributed by atoms with Gasteiger partial charge in [0.1, 0.15) is 4.83 Å². The second kappa shape index (κ2) is 3.48. The summed E-state index contributed by atoms with van der Waals surface area (Å²) in [6.07, 6.45) is 3.24. The zero-order valence-corrected chi connectivity index (χ0v) is 7.28. The monoisotopic (exact) mass is 214 g/mol. The van der Waals surface area contributed by atoms with Crippen molar-refractivity contribution in [3.8, 4) is 0 Å². The predicted octanol–water partition coefficient (Wildman–Crippen LogP) is 1.00. The van der Waals surface area contributed by atoms with Gasteiger partial charge < -0.3 is 5.73 Å². The Kier molecular flexibility index (Phi) is 2.59. The van der Waals surface area contributed by atoms with Crippen LogP contribution in [0.5, 0.6) is 0 Å². The van der Waals surface area contributed by atoms with Crippen LogP contribution in [0.3, 0.4) is 0 Å². The maximum absolute atomic E-state index is 10.6. The fourth-order valence-corrected chi connectivity index (χ4v) is 0.961. The number of nitrogens with zero attached hydrogens (tertiary/aromatic N) is 1. The minimum absolute atomic E-state index is 0.405. The molecule has 0 aromatic carbocycles. The van der Waals surface area contributed by atoms with E-state index >= 15 is 0 Å². The topological polar surface area (TPSA) is 56.0 Å². The molecule has 0 aliphatic rings. The Hall–Kier alpha value is -0.900. The third-order valence-electron chi connectivity index (χ3n) is 1.23. The van der Waals surface area contributed by atoms with Crippen LogP contribution in [0.1, 0.15) is 10.4 Å². The molecule has 1 atom stereocenters. The summed E-state index contributed by atoms with van der Waals surface area (Å²) < 4.78 is 0. The van der Waals surface area contributed by atoms with Crippen molar-refractivity contribution in [1.82, 2.24) is 4.98 Å². The molecule has 0 bridgehead atoms. The van der Waals surface area contributed by atoms with Crippen LogP contribution >= 0.6 is 15.9 Å². The molecule has 0 aliphatic carbocycles. The van der Waals surface area contributed by atoms with Gasteiger partial charge in [-0.25, -0.2) is 0 Å². The van der Waals surface area contributed by atoms with Gasteiger partial charge in [0.15, 0.2) is 0 Å². The first kappa shape index (κ1) is 8.20. The van der Waals surface area contributed by atoms with Gasteiger partial charge in [-0.05, 0) is 11.6 Å². The van der Waals surface area contributed by atoms with E-state index in [4.69, 9.17) is 5.73 Å². The Morgan fingerprint density at radius 2 is 2.45 bits per heavy atom. The van der Waals surface area contributed by atoms with E-state index in [0.717, 1.165) is 5.56 Å². The lowest BCUT2D eigenvalue weighted by atomic mass is 10.2. The molecule has 4 heteroatoms. The van der Waals surface area contributed by atoms with Crippen LogP contribution in [0.25, 0.3) is 0 Å². The lowest BCUT2D eigenvalue weighted by Crippen LogP contribution is -2.16. The summed E-state index contributed by atoms with van der Waals surface area (Å²) >= 11 is 3.14. The number of carbonyl (C=O) groups is 1. The van der Waals surface area contributed by atoms with Gasteiger partial charge in [0, 0.05) is 12.4 Å². The van der Waals surface area contributed by atoms with E-state index in [-0.39, 0.29) is 0 Å². The maximum Gasteiger partial charge on any atom is 0.235 e. The Balaban J connectivity index is 2.85. The third-order valence-corrected chi connectivity index (χ3v) is 2.21. The van der Waals surface area contributed by atoms with E-state index in [2.05, 4.69) is 20.9 Å². The number of aromatic nitrogens is 1. The van der Waals surface area contributed by atoms with Crippen molar-refractivity contribution in [3.05, 3.63) is 30.1 Å². The molecule has 0 radical (unpaired) electrons. The molecule has 1 rings (SSSR count). The lowest BCUT2D eigenvalue weighted by molar-refractivity contribution is -0.117. The van der Waals surface area contributed by atoms with Gasteiger partial charge in [0.2, 0.25) is 5.91 Å². The van der Waals surface area contributed by atoms with Crippen molar-refractivity contribution >= 4 is 21.8 Å². The number of rotatable bonds is 2. The first-order valence-electron chi connectivity index (χ1n) is 3.05. The predicted molar refractivity (Wildman–Crippen MR) is 45.1 cm³/mol. The van der Waals surface area contributed by atoms with Gasteiger partial charge in [-0.1, -0.05) is 22.0 Å². The zero-order chi connectivity index (χ0) is 8.27. The van der Waals surface area contributed by atoms with Crippen molar-refractivity contribution in [2.24, 2.45) is 5.73 Å². The molecule has 1 amide bonds. The molecule has 11 heavy (non-hydrogen) atoms. The summed E-state index contributed by atoms with van der Waals surface area (Å²) in [6.45, 7) is 0. The van der Waals surface area contributed by atoms with Crippen molar-refractivity contribution in [3.63, 3.8) is 0 Å². The second-order valence-electron chi connectivity index (χ2n) is 2.05. The van der Waals surface area contributed by atoms with Crippen LogP contribution in [0, 0.1) is 0 Å². The average molecular weight is 215 g/mol. The largest absolute Gasteiger partial charge is 0.368 e. The number of hydrogen-bond donors (Lipinski definition) is 1. The molecule has 1 aromatic rings. The summed E-state index contributed by atoms with van der Waals surface area (Å²) in [7, 11) is 0. The van der Waals surface area contributed by atoms with Crippen LogP contribution in [-0.4, -0.2) is 10.9 Å². The number of hydrogen-bond acceptors (Lipinski definition) is 2. The summed E-state index contributed by atoms with van der Waals surface area (Å²) in [5, 5.41) is 0. The number of pyridine rings is 1. The normalized spacial score (nSPS) is 12.5. The first-order valence-corrected chi connectivity index (χ1v) is 3.96. The number of primary amides is 1. The number of nitrogens with two attached hydrogens (primary N) is 1. The van der Waals surface area contributed by atoms with Gasteiger partial charge in [-0.2, -0.15) is 0 Å². The van der Waals surface area contributed by atoms with Gasteiger partial charge in [0.25, 0.3) is 0 Å². The molecule has 0 fully saturated rings. The SMILES string of the molecule is NC(=O)C(Br)c1cccnc1. The maximum atomic E-state index is 10.6. The molecule has 1 heterocycles. The molecule has 1 unspecified atom stereocenters. The molecule has 1 aromatic heterocycles. The second-order valence-corrected chi connectivity index (χ2v) is 2.97. The van der Waals surface area contributed by atoms with E-state index in [9.17, 15) is 4.79 Å². The number of alkyl halides is 1. The molecular weight excluding hydrogens is 208 g/mol. The summed E-state index contributed by atoms with van der Waals surface area (Å²) in [5.41, 5.74) is 5.83. The Morgan fingerprint density at radius 1 is 1.73 bits per heavy atom. The highest BCUT2D eigenvalue weighted by atomic mass is 79.9. The van der Waals surface area contributed by atoms with Crippen molar-refractivity contribution < 1.29 is 4.79 Å². The van der Waals surface area contributed by atoms with E-state index in [1.165, 1.54) is 0 Å².